The molecule has 0 unspecified atom stereocenters. The first-order valence-corrected chi connectivity index (χ1v) is 12.0. The van der Waals surface area contributed by atoms with Gasteiger partial charge in [0.1, 0.15) is 11.9 Å². The Morgan fingerprint density at radius 2 is 1.79 bits per heavy atom. The highest BCUT2D eigenvalue weighted by Gasteiger charge is 2.25. The highest BCUT2D eigenvalue weighted by atomic mass is 35.5. The average Bonchev–Trinajstić information content (AvgIpc) is 2.83. The zero-order chi connectivity index (χ0) is 23.4. The molecule has 1 aliphatic rings. The number of pyridine rings is 1. The summed E-state index contributed by atoms with van der Waals surface area (Å²) in [6.07, 6.45) is 1.64. The van der Waals surface area contributed by atoms with Crippen LogP contribution in [-0.2, 0) is 10.0 Å². The van der Waals surface area contributed by atoms with E-state index in [-0.39, 0.29) is 16.4 Å². The van der Waals surface area contributed by atoms with Crippen molar-refractivity contribution in [3.05, 3.63) is 83.0 Å². The van der Waals surface area contributed by atoms with Crippen LogP contribution in [0, 0.1) is 11.3 Å². The van der Waals surface area contributed by atoms with E-state index in [1.807, 2.05) is 4.90 Å². The van der Waals surface area contributed by atoms with E-state index < -0.39 is 10.0 Å². The third kappa shape index (κ3) is 5.08. The van der Waals surface area contributed by atoms with Crippen LogP contribution in [0.4, 0.5) is 11.5 Å². The van der Waals surface area contributed by atoms with Crippen LogP contribution in [-0.4, -0.2) is 50.4 Å². The molecule has 3 aromatic rings. The molecule has 33 heavy (non-hydrogen) atoms. The minimum absolute atomic E-state index is 0.0147. The first kappa shape index (κ1) is 22.6. The number of hydrogen-bond acceptors (Lipinski definition) is 6. The van der Waals surface area contributed by atoms with Crippen molar-refractivity contribution in [2.45, 2.75) is 4.90 Å². The zero-order valence-electron chi connectivity index (χ0n) is 17.5. The maximum atomic E-state index is 13.1. The third-order valence-electron chi connectivity index (χ3n) is 5.24. The minimum atomic E-state index is -3.90. The Labute approximate surface area is 197 Å². The number of nitrogens with one attached hydrogen (secondary N) is 1. The Kier molecular flexibility index (Phi) is 6.49. The fourth-order valence-electron chi connectivity index (χ4n) is 3.60. The van der Waals surface area contributed by atoms with Crippen LogP contribution in [0.3, 0.4) is 0 Å². The van der Waals surface area contributed by atoms with Crippen LogP contribution in [0.1, 0.15) is 15.9 Å². The molecule has 0 aliphatic carbocycles. The predicted molar refractivity (Wildman–Crippen MR) is 126 cm³/mol. The Morgan fingerprint density at radius 3 is 2.52 bits per heavy atom. The van der Waals surface area contributed by atoms with Crippen LogP contribution >= 0.6 is 11.6 Å². The molecule has 1 aliphatic heterocycles. The van der Waals surface area contributed by atoms with Gasteiger partial charge in [-0.25, -0.2) is 13.4 Å². The van der Waals surface area contributed by atoms with Crippen molar-refractivity contribution in [1.29, 1.82) is 5.26 Å². The molecule has 1 amide bonds. The lowest BCUT2D eigenvalue weighted by Gasteiger charge is -2.35. The van der Waals surface area contributed by atoms with Gasteiger partial charge in [-0.15, -0.1) is 0 Å². The number of rotatable bonds is 5. The molecular formula is C23H20ClN5O3S. The number of anilines is 2. The summed E-state index contributed by atoms with van der Waals surface area (Å²) in [6, 6.07) is 17.9. The molecule has 1 aromatic heterocycles. The molecule has 0 saturated carbocycles. The number of hydrogen-bond donors (Lipinski definition) is 1. The number of amides is 1. The van der Waals surface area contributed by atoms with E-state index in [4.69, 9.17) is 11.6 Å². The van der Waals surface area contributed by atoms with Crippen LogP contribution in [0.5, 0.6) is 0 Å². The number of nitriles is 1. The van der Waals surface area contributed by atoms with Gasteiger partial charge in [-0.2, -0.15) is 5.26 Å². The summed E-state index contributed by atoms with van der Waals surface area (Å²) in [5, 5.41) is 9.70. The van der Waals surface area contributed by atoms with Crippen LogP contribution in [0.2, 0.25) is 5.02 Å². The second-order valence-electron chi connectivity index (χ2n) is 7.41. The number of sulfonamides is 1. The fraction of sp³-hybridized carbons (Fsp3) is 0.174. The number of piperazine rings is 1. The summed E-state index contributed by atoms with van der Waals surface area (Å²) >= 11 is 5.93. The van der Waals surface area contributed by atoms with Gasteiger partial charge < -0.3 is 9.80 Å². The SMILES string of the molecule is N#Cc1cccnc1N1CCN(C(=O)c2cccc(S(=O)(=O)Nc3cccc(Cl)c3)c2)CC1. The second kappa shape index (κ2) is 9.48. The fourth-order valence-corrected chi connectivity index (χ4v) is 4.89. The van der Waals surface area contributed by atoms with Crippen molar-refractivity contribution in [3.8, 4) is 6.07 Å². The summed E-state index contributed by atoms with van der Waals surface area (Å²) in [4.78, 5) is 21.0. The second-order valence-corrected chi connectivity index (χ2v) is 9.53. The van der Waals surface area contributed by atoms with E-state index >= 15 is 0 Å². The Hall–Kier alpha value is -3.61. The van der Waals surface area contributed by atoms with E-state index in [2.05, 4.69) is 15.8 Å². The smallest absolute Gasteiger partial charge is 0.261 e. The van der Waals surface area contributed by atoms with Gasteiger partial charge in [0.05, 0.1) is 16.1 Å². The zero-order valence-corrected chi connectivity index (χ0v) is 19.1. The van der Waals surface area contributed by atoms with E-state index in [0.717, 1.165) is 0 Å². The quantitative estimate of drug-likeness (QED) is 0.598. The van der Waals surface area contributed by atoms with Gasteiger partial charge in [0.15, 0.2) is 0 Å². The van der Waals surface area contributed by atoms with Gasteiger partial charge in [0, 0.05) is 43.0 Å². The molecule has 1 N–H and O–H groups in total. The lowest BCUT2D eigenvalue weighted by molar-refractivity contribution is 0.0746. The van der Waals surface area contributed by atoms with Crippen molar-refractivity contribution < 1.29 is 13.2 Å². The van der Waals surface area contributed by atoms with Gasteiger partial charge in [-0.3, -0.25) is 9.52 Å². The molecule has 4 rings (SSSR count). The van der Waals surface area contributed by atoms with Crippen molar-refractivity contribution in [2.75, 3.05) is 35.8 Å². The molecule has 1 saturated heterocycles. The van der Waals surface area contributed by atoms with Crippen molar-refractivity contribution in [1.82, 2.24) is 9.88 Å². The van der Waals surface area contributed by atoms with Gasteiger partial charge in [-0.05, 0) is 48.5 Å². The monoisotopic (exact) mass is 481 g/mol. The summed E-state index contributed by atoms with van der Waals surface area (Å²) < 4.78 is 28.1. The average molecular weight is 482 g/mol. The molecule has 168 valence electrons. The Balaban J connectivity index is 1.47. The molecule has 0 radical (unpaired) electrons. The molecule has 0 spiro atoms. The predicted octanol–water partition coefficient (Wildman–Crippen LogP) is 3.37. The Bertz CT molecular complexity index is 1330. The third-order valence-corrected chi connectivity index (χ3v) is 6.86. The summed E-state index contributed by atoms with van der Waals surface area (Å²) in [5.41, 5.74) is 1.11. The topological polar surface area (TPSA) is 106 Å². The van der Waals surface area contributed by atoms with Gasteiger partial charge in [0.2, 0.25) is 0 Å². The van der Waals surface area contributed by atoms with Crippen molar-refractivity contribution in [2.24, 2.45) is 0 Å². The summed E-state index contributed by atoms with van der Waals surface area (Å²) in [6.45, 7) is 1.90. The molecule has 8 nitrogen and oxygen atoms in total. The van der Waals surface area contributed by atoms with Gasteiger partial charge >= 0.3 is 0 Å². The molecule has 2 aromatic carbocycles. The van der Waals surface area contributed by atoms with Crippen molar-refractivity contribution in [3.63, 3.8) is 0 Å². The first-order valence-electron chi connectivity index (χ1n) is 10.2. The molecule has 0 atom stereocenters. The number of aromatic nitrogens is 1. The molecule has 1 fully saturated rings. The highest BCUT2D eigenvalue weighted by molar-refractivity contribution is 7.92. The normalized spacial score (nSPS) is 13.9. The molecule has 2 heterocycles. The maximum Gasteiger partial charge on any atom is 0.261 e. The minimum Gasteiger partial charge on any atom is -0.352 e. The molecule has 10 heteroatoms. The lowest BCUT2D eigenvalue weighted by Crippen LogP contribution is -2.49. The van der Waals surface area contributed by atoms with Crippen LogP contribution in [0.15, 0.2) is 71.8 Å². The molecule has 0 bridgehead atoms. The number of carbonyl (C=O) groups excluding carboxylic acids is 1. The lowest BCUT2D eigenvalue weighted by atomic mass is 10.1. The largest absolute Gasteiger partial charge is 0.352 e. The summed E-state index contributed by atoms with van der Waals surface area (Å²) in [5.74, 6) is 0.350. The standard InChI is InChI=1S/C23H20ClN5O3S/c24-19-6-2-7-20(15-19)27-33(31,32)21-8-1-4-17(14-21)23(30)29-12-10-28(11-13-29)22-18(16-25)5-3-9-26-22/h1-9,14-15,27H,10-13H2. The summed E-state index contributed by atoms with van der Waals surface area (Å²) in [7, 11) is -3.90. The van der Waals surface area contributed by atoms with Gasteiger partial charge in [-0.1, -0.05) is 23.7 Å². The first-order chi connectivity index (χ1) is 15.9. The number of halogens is 1. The van der Waals surface area contributed by atoms with E-state index in [0.29, 0.717) is 48.3 Å². The Morgan fingerprint density at radius 1 is 1.03 bits per heavy atom. The van der Waals surface area contributed by atoms with E-state index in [1.54, 1.807) is 53.6 Å². The van der Waals surface area contributed by atoms with E-state index in [9.17, 15) is 18.5 Å². The van der Waals surface area contributed by atoms with Crippen LogP contribution in [0.25, 0.3) is 0 Å². The maximum absolute atomic E-state index is 13.1. The van der Waals surface area contributed by atoms with Crippen molar-refractivity contribution >= 4 is 39.0 Å². The number of benzene rings is 2. The number of nitrogens with zero attached hydrogens (tertiary/aromatic N) is 4. The van der Waals surface area contributed by atoms with Crippen LogP contribution < -0.4 is 9.62 Å². The molecular weight excluding hydrogens is 462 g/mol. The van der Waals surface area contributed by atoms with Gasteiger partial charge in [0.25, 0.3) is 15.9 Å². The van der Waals surface area contributed by atoms with E-state index in [1.165, 1.54) is 18.2 Å². The highest BCUT2D eigenvalue weighted by Crippen LogP contribution is 2.22. The number of carbonyl (C=O) groups is 1.